The predicted molar refractivity (Wildman–Crippen MR) is 136 cm³/mol. The van der Waals surface area contributed by atoms with Crippen LogP contribution in [0, 0.1) is 11.8 Å². The average molecular weight is 529 g/mol. The van der Waals surface area contributed by atoms with Crippen LogP contribution in [0.2, 0.25) is 0 Å². The molecular weight excluding hydrogens is 496 g/mol. The molecule has 0 radical (unpaired) electrons. The number of Topliss-reactive ketones (excluding diaryl/α,β-unsaturated/α-hetero) is 2. The van der Waals surface area contributed by atoms with E-state index in [1.807, 2.05) is 0 Å². The van der Waals surface area contributed by atoms with Crippen molar-refractivity contribution in [2.24, 2.45) is 17.6 Å². The van der Waals surface area contributed by atoms with Gasteiger partial charge in [-0.1, -0.05) is 0 Å². The van der Waals surface area contributed by atoms with Gasteiger partial charge in [-0.3, -0.25) is 24.1 Å². The van der Waals surface area contributed by atoms with Crippen LogP contribution < -0.4 is 16.0 Å². The number of likely N-dealkylation sites (N-methyl/N-ethyl adjacent to an activating group) is 1. The first-order valence-electron chi connectivity index (χ1n) is 12.1. The molecule has 3 aliphatic carbocycles. The molecule has 1 fully saturated rings. The highest BCUT2D eigenvalue weighted by molar-refractivity contribution is 6.24. The van der Waals surface area contributed by atoms with Gasteiger partial charge in [0.05, 0.1) is 11.6 Å². The molecule has 0 aromatic heterocycles. The lowest BCUT2D eigenvalue weighted by Gasteiger charge is -2.50. The highest BCUT2D eigenvalue weighted by atomic mass is 16.3. The Morgan fingerprint density at radius 3 is 2.32 bits per heavy atom. The van der Waals surface area contributed by atoms with E-state index in [-0.39, 0.29) is 42.2 Å². The van der Waals surface area contributed by atoms with Crippen LogP contribution in [-0.2, 0) is 32.1 Å². The van der Waals surface area contributed by atoms with Gasteiger partial charge in [0, 0.05) is 50.3 Å². The zero-order valence-electron chi connectivity index (χ0n) is 21.8. The van der Waals surface area contributed by atoms with E-state index in [4.69, 9.17) is 5.73 Å². The first kappa shape index (κ1) is 27.1. The van der Waals surface area contributed by atoms with Gasteiger partial charge in [0.15, 0.2) is 11.4 Å². The van der Waals surface area contributed by atoms with E-state index in [2.05, 4.69) is 5.32 Å². The second-order valence-electron chi connectivity index (χ2n) is 10.5. The zero-order valence-corrected chi connectivity index (χ0v) is 21.8. The number of aliphatic hydroxyl groups is 3. The Bertz CT molecular complexity index is 1340. The third-order valence-electron chi connectivity index (χ3n) is 7.79. The van der Waals surface area contributed by atoms with Crippen molar-refractivity contribution in [3.8, 4) is 5.75 Å². The molecule has 2 amide bonds. The first-order chi connectivity index (χ1) is 17.6. The summed E-state index contributed by atoms with van der Waals surface area (Å²) in [6.45, 7) is 1.28. The molecule has 0 aliphatic heterocycles. The SMILES string of the molecule is CC(=O)NCc1cc(N(C)C)c2c(c1O)C(O)=C1C(=O)[C@]3(O)C(O)=C(C(N)=O)C(=O)C(N(C)C)[C@@H]3C[C@@H]1C2. The lowest BCUT2D eigenvalue weighted by molar-refractivity contribution is -0.153. The molecule has 4 rings (SSSR count). The number of ketones is 2. The summed E-state index contributed by atoms with van der Waals surface area (Å²) in [5.41, 5.74) is 3.02. The van der Waals surface area contributed by atoms with Crippen molar-refractivity contribution in [3.05, 3.63) is 39.7 Å². The number of hydrogen-bond acceptors (Lipinski definition) is 10. The van der Waals surface area contributed by atoms with Crippen LogP contribution in [0.1, 0.15) is 30.0 Å². The molecule has 0 spiro atoms. The van der Waals surface area contributed by atoms with E-state index in [9.17, 15) is 39.6 Å². The second-order valence-corrected chi connectivity index (χ2v) is 10.5. The lowest BCUT2D eigenvalue weighted by atomic mass is 9.57. The van der Waals surface area contributed by atoms with E-state index < -0.39 is 58.0 Å². The second kappa shape index (κ2) is 9.14. The number of phenolic OH excluding ortho intramolecular Hbond substituents is 1. The van der Waals surface area contributed by atoms with Crippen molar-refractivity contribution in [3.63, 3.8) is 0 Å². The maximum absolute atomic E-state index is 13.9. The maximum atomic E-state index is 13.9. The number of benzene rings is 1. The number of aliphatic hydroxyl groups excluding tert-OH is 2. The monoisotopic (exact) mass is 528 g/mol. The standard InChI is InChI=1S/C26H32N4O8/c1-10(31)28-9-12-8-15(29(2)3)13-6-11-7-14-19(30(4)5)22(34)18(25(27)37)24(36)26(14,38)23(35)16(11)21(33)17(13)20(12)32/h8,11,14,19,32-33,36,38H,6-7,9H2,1-5H3,(H2,27,37)(H,28,31)/t11-,14-,19?,26-/m0/s1. The summed E-state index contributed by atoms with van der Waals surface area (Å²) in [6, 6.07) is 0.540. The smallest absolute Gasteiger partial charge is 0.255 e. The number of fused-ring (bicyclic) bond motifs is 3. The molecule has 12 heteroatoms. The fraction of sp³-hybridized carbons (Fsp3) is 0.462. The minimum atomic E-state index is -2.70. The van der Waals surface area contributed by atoms with Gasteiger partial charge in [-0.2, -0.15) is 0 Å². The number of nitrogens with two attached hydrogens (primary N) is 1. The van der Waals surface area contributed by atoms with Crippen molar-refractivity contribution in [2.75, 3.05) is 33.1 Å². The Morgan fingerprint density at radius 1 is 1.16 bits per heavy atom. The molecule has 7 N–H and O–H groups in total. The van der Waals surface area contributed by atoms with Gasteiger partial charge in [0.25, 0.3) is 5.91 Å². The summed E-state index contributed by atoms with van der Waals surface area (Å²) in [5, 5.41) is 47.7. The lowest BCUT2D eigenvalue weighted by Crippen LogP contribution is -2.65. The number of aromatic hydroxyl groups is 1. The fourth-order valence-corrected chi connectivity index (χ4v) is 6.10. The Balaban J connectivity index is 1.97. The third kappa shape index (κ3) is 3.74. The van der Waals surface area contributed by atoms with Crippen LogP contribution in [0.15, 0.2) is 23.0 Å². The molecule has 0 saturated heterocycles. The maximum Gasteiger partial charge on any atom is 0.255 e. The number of anilines is 1. The minimum Gasteiger partial charge on any atom is -0.508 e. The molecule has 204 valence electrons. The average Bonchev–Trinajstić information content (AvgIpc) is 2.80. The number of primary amides is 1. The van der Waals surface area contributed by atoms with Gasteiger partial charge >= 0.3 is 0 Å². The van der Waals surface area contributed by atoms with E-state index in [1.54, 1.807) is 39.2 Å². The molecule has 1 saturated carbocycles. The number of nitrogens with zero attached hydrogens (tertiary/aromatic N) is 2. The van der Waals surface area contributed by atoms with Crippen molar-refractivity contribution in [2.45, 2.75) is 38.0 Å². The highest BCUT2D eigenvalue weighted by Gasteiger charge is 2.64. The van der Waals surface area contributed by atoms with Crippen molar-refractivity contribution in [1.29, 1.82) is 0 Å². The first-order valence-corrected chi connectivity index (χ1v) is 12.1. The molecular formula is C26H32N4O8. The minimum absolute atomic E-state index is 0.00698. The van der Waals surface area contributed by atoms with E-state index in [0.29, 0.717) is 16.8 Å². The Morgan fingerprint density at radius 2 is 1.79 bits per heavy atom. The molecule has 1 aromatic carbocycles. The van der Waals surface area contributed by atoms with Gasteiger partial charge in [-0.05, 0) is 44.5 Å². The summed E-state index contributed by atoms with van der Waals surface area (Å²) < 4.78 is 0. The summed E-state index contributed by atoms with van der Waals surface area (Å²) in [5.74, 6) is -7.36. The number of nitrogens with one attached hydrogen (secondary N) is 1. The van der Waals surface area contributed by atoms with E-state index in [1.165, 1.54) is 11.8 Å². The van der Waals surface area contributed by atoms with Crippen LogP contribution in [-0.4, -0.2) is 88.5 Å². The number of carbonyl (C=O) groups is 4. The molecule has 0 heterocycles. The van der Waals surface area contributed by atoms with Gasteiger partial charge in [0.1, 0.15) is 22.8 Å². The van der Waals surface area contributed by atoms with Crippen LogP contribution in [0.3, 0.4) is 0 Å². The number of phenols is 1. The van der Waals surface area contributed by atoms with Crippen LogP contribution >= 0.6 is 0 Å². The Hall–Kier alpha value is -3.90. The molecule has 38 heavy (non-hydrogen) atoms. The quantitative estimate of drug-likeness (QED) is 0.276. The predicted octanol–water partition coefficient (Wildman–Crippen LogP) is -0.334. The number of carbonyl (C=O) groups excluding carboxylic acids is 4. The van der Waals surface area contributed by atoms with Crippen LogP contribution in [0.4, 0.5) is 5.69 Å². The molecule has 3 aliphatic rings. The number of amides is 2. The van der Waals surface area contributed by atoms with Crippen LogP contribution in [0.5, 0.6) is 5.75 Å². The molecule has 1 unspecified atom stereocenters. The van der Waals surface area contributed by atoms with Crippen molar-refractivity contribution in [1.82, 2.24) is 10.2 Å². The molecule has 4 atom stereocenters. The number of rotatable bonds is 5. The third-order valence-corrected chi connectivity index (χ3v) is 7.79. The topological polar surface area (TPSA) is 194 Å². The highest BCUT2D eigenvalue weighted by Crippen LogP contribution is 2.54. The van der Waals surface area contributed by atoms with E-state index >= 15 is 0 Å². The van der Waals surface area contributed by atoms with E-state index in [0.717, 1.165) is 0 Å². The summed E-state index contributed by atoms with van der Waals surface area (Å²) in [6.07, 6.45) is 0.184. The van der Waals surface area contributed by atoms with Crippen molar-refractivity contribution < 1.29 is 39.6 Å². The normalized spacial score (nSPS) is 26.7. The summed E-state index contributed by atoms with van der Waals surface area (Å²) in [7, 11) is 6.64. The van der Waals surface area contributed by atoms with Gasteiger partial charge < -0.3 is 36.4 Å². The van der Waals surface area contributed by atoms with Gasteiger partial charge in [-0.25, -0.2) is 0 Å². The molecule has 1 aromatic rings. The fourth-order valence-electron chi connectivity index (χ4n) is 6.10. The largest absolute Gasteiger partial charge is 0.508 e. The van der Waals surface area contributed by atoms with Crippen molar-refractivity contribution >= 4 is 34.8 Å². The molecule has 0 bridgehead atoms. The van der Waals surface area contributed by atoms with Gasteiger partial charge in [0.2, 0.25) is 11.7 Å². The Kier molecular flexibility index (Phi) is 6.53. The van der Waals surface area contributed by atoms with Gasteiger partial charge in [-0.15, -0.1) is 0 Å². The Labute approximate surface area is 219 Å². The summed E-state index contributed by atoms with van der Waals surface area (Å²) >= 11 is 0. The van der Waals surface area contributed by atoms with Crippen LogP contribution in [0.25, 0.3) is 5.76 Å². The number of hydrogen-bond donors (Lipinski definition) is 6. The molecule has 12 nitrogen and oxygen atoms in total. The summed E-state index contributed by atoms with van der Waals surface area (Å²) in [4.78, 5) is 53.9. The zero-order chi connectivity index (χ0) is 28.4.